The number of hydrogen-bond acceptors (Lipinski definition) is 3. The van der Waals surface area contributed by atoms with Crippen LogP contribution in [-0.2, 0) is 14.4 Å². The lowest BCUT2D eigenvalue weighted by molar-refractivity contribution is -0.153. The van der Waals surface area contributed by atoms with E-state index in [1.165, 1.54) is 4.90 Å². The molecule has 0 bridgehead atoms. The molecule has 0 spiro atoms. The highest BCUT2D eigenvalue weighted by atomic mass is 16.4. The Morgan fingerprint density at radius 1 is 1.10 bits per heavy atom. The van der Waals surface area contributed by atoms with Crippen LogP contribution >= 0.6 is 0 Å². The third kappa shape index (κ3) is 3.54. The maximum Gasteiger partial charge on any atom is 0.310 e. The van der Waals surface area contributed by atoms with E-state index in [9.17, 15) is 19.5 Å². The van der Waals surface area contributed by atoms with Crippen LogP contribution in [0.1, 0.15) is 44.9 Å². The van der Waals surface area contributed by atoms with Crippen LogP contribution in [-0.4, -0.2) is 59.4 Å². The Balaban J connectivity index is 1.89. The second kappa shape index (κ2) is 6.45. The number of hydrogen-bond donors (Lipinski definition) is 1. The molecule has 1 N–H and O–H groups in total. The Kier molecular flexibility index (Phi) is 4.85. The van der Waals surface area contributed by atoms with Gasteiger partial charge in [-0.15, -0.1) is 0 Å². The van der Waals surface area contributed by atoms with E-state index in [-0.39, 0.29) is 24.8 Å². The minimum Gasteiger partial charge on any atom is -0.481 e. The van der Waals surface area contributed by atoms with Gasteiger partial charge in [-0.3, -0.25) is 14.4 Å². The van der Waals surface area contributed by atoms with Crippen molar-refractivity contribution < 1.29 is 19.5 Å². The van der Waals surface area contributed by atoms with Gasteiger partial charge in [0.25, 0.3) is 0 Å². The second-order valence-electron chi connectivity index (χ2n) is 6.31. The molecular formula is C15H24N2O4. The molecule has 0 radical (unpaired) electrons. The predicted octanol–water partition coefficient (Wildman–Crippen LogP) is 1.10. The highest BCUT2D eigenvalue weighted by molar-refractivity contribution is 5.88. The van der Waals surface area contributed by atoms with E-state index in [1.54, 1.807) is 11.9 Å². The first-order valence-electron chi connectivity index (χ1n) is 7.70. The number of rotatable bonds is 5. The maximum absolute atomic E-state index is 12.3. The fourth-order valence-corrected chi connectivity index (χ4v) is 3.30. The molecule has 6 nitrogen and oxygen atoms in total. The zero-order chi connectivity index (χ0) is 15.5. The highest BCUT2D eigenvalue weighted by Gasteiger charge is 2.43. The molecule has 1 heterocycles. The van der Waals surface area contributed by atoms with Crippen molar-refractivity contribution >= 4 is 17.8 Å². The minimum absolute atomic E-state index is 0.00606. The van der Waals surface area contributed by atoms with Crippen molar-refractivity contribution in [3.05, 3.63) is 0 Å². The van der Waals surface area contributed by atoms with Gasteiger partial charge in [-0.05, 0) is 25.7 Å². The van der Waals surface area contributed by atoms with Gasteiger partial charge in [0.05, 0.1) is 12.0 Å². The molecule has 1 saturated carbocycles. The standard InChI is InChI=1S/C15H24N2O4/c1-16(11-13(19)17-8-4-5-9-17)12(18)10-15(14(20)21)6-2-3-7-15/h2-11H2,1H3,(H,20,21). The summed E-state index contributed by atoms with van der Waals surface area (Å²) in [5.41, 5.74) is -0.915. The maximum atomic E-state index is 12.3. The number of carbonyl (C=O) groups excluding carboxylic acids is 2. The molecule has 1 aliphatic heterocycles. The van der Waals surface area contributed by atoms with Gasteiger partial charge in [0.2, 0.25) is 11.8 Å². The first kappa shape index (κ1) is 15.8. The van der Waals surface area contributed by atoms with Crippen molar-refractivity contribution in [1.29, 1.82) is 0 Å². The van der Waals surface area contributed by atoms with Crippen LogP contribution in [0.4, 0.5) is 0 Å². The molecule has 0 atom stereocenters. The molecule has 1 aliphatic carbocycles. The van der Waals surface area contributed by atoms with Crippen LogP contribution in [0.2, 0.25) is 0 Å². The van der Waals surface area contributed by atoms with Gasteiger partial charge < -0.3 is 14.9 Å². The summed E-state index contributed by atoms with van der Waals surface area (Å²) in [4.78, 5) is 38.9. The van der Waals surface area contributed by atoms with Crippen molar-refractivity contribution in [2.24, 2.45) is 5.41 Å². The van der Waals surface area contributed by atoms with Gasteiger partial charge in [-0.25, -0.2) is 0 Å². The molecule has 2 fully saturated rings. The Bertz CT molecular complexity index is 423. The van der Waals surface area contributed by atoms with Crippen molar-refractivity contribution in [3.8, 4) is 0 Å². The van der Waals surface area contributed by atoms with E-state index in [1.807, 2.05) is 0 Å². The number of nitrogens with zero attached hydrogens (tertiary/aromatic N) is 2. The number of likely N-dealkylation sites (N-methyl/N-ethyl adjacent to an activating group) is 1. The molecule has 6 heteroatoms. The van der Waals surface area contributed by atoms with Gasteiger partial charge in [-0.2, -0.15) is 0 Å². The van der Waals surface area contributed by atoms with Crippen molar-refractivity contribution in [3.63, 3.8) is 0 Å². The van der Waals surface area contributed by atoms with E-state index in [0.29, 0.717) is 12.8 Å². The van der Waals surface area contributed by atoms with Gasteiger partial charge in [0, 0.05) is 26.6 Å². The Labute approximate surface area is 125 Å². The first-order chi connectivity index (χ1) is 9.94. The molecule has 2 rings (SSSR count). The van der Waals surface area contributed by atoms with E-state index in [0.717, 1.165) is 38.8 Å². The third-order valence-electron chi connectivity index (χ3n) is 4.76. The number of aliphatic carboxylic acids is 1. The predicted molar refractivity (Wildman–Crippen MR) is 76.6 cm³/mol. The van der Waals surface area contributed by atoms with E-state index < -0.39 is 11.4 Å². The zero-order valence-corrected chi connectivity index (χ0v) is 12.6. The van der Waals surface area contributed by atoms with Gasteiger partial charge in [0.15, 0.2) is 0 Å². The monoisotopic (exact) mass is 296 g/mol. The average molecular weight is 296 g/mol. The molecule has 2 aliphatic rings. The number of carboxylic acid groups (broad SMARTS) is 1. The quantitative estimate of drug-likeness (QED) is 0.824. The largest absolute Gasteiger partial charge is 0.481 e. The van der Waals surface area contributed by atoms with Gasteiger partial charge in [-0.1, -0.05) is 12.8 Å². The fraction of sp³-hybridized carbons (Fsp3) is 0.800. The summed E-state index contributed by atoms with van der Waals surface area (Å²) in [7, 11) is 1.58. The summed E-state index contributed by atoms with van der Waals surface area (Å²) in [5.74, 6) is -1.17. The van der Waals surface area contributed by atoms with Crippen molar-refractivity contribution in [2.45, 2.75) is 44.9 Å². The number of amides is 2. The summed E-state index contributed by atoms with van der Waals surface area (Å²) < 4.78 is 0. The van der Waals surface area contributed by atoms with E-state index >= 15 is 0 Å². The summed E-state index contributed by atoms with van der Waals surface area (Å²) >= 11 is 0. The van der Waals surface area contributed by atoms with Crippen LogP contribution in [0.25, 0.3) is 0 Å². The normalized spacial score (nSPS) is 20.5. The smallest absolute Gasteiger partial charge is 0.310 e. The van der Waals surface area contributed by atoms with Gasteiger partial charge >= 0.3 is 5.97 Å². The lowest BCUT2D eigenvalue weighted by atomic mass is 9.82. The lowest BCUT2D eigenvalue weighted by Gasteiger charge is -2.27. The van der Waals surface area contributed by atoms with E-state index in [2.05, 4.69) is 0 Å². The highest BCUT2D eigenvalue weighted by Crippen LogP contribution is 2.41. The van der Waals surface area contributed by atoms with Crippen LogP contribution in [0.15, 0.2) is 0 Å². The second-order valence-corrected chi connectivity index (χ2v) is 6.31. The topological polar surface area (TPSA) is 77.9 Å². The van der Waals surface area contributed by atoms with Crippen LogP contribution in [0.5, 0.6) is 0 Å². The Hall–Kier alpha value is -1.59. The number of likely N-dealkylation sites (tertiary alicyclic amines) is 1. The first-order valence-corrected chi connectivity index (χ1v) is 7.70. The molecule has 1 saturated heterocycles. The summed E-state index contributed by atoms with van der Waals surface area (Å²) in [6, 6.07) is 0. The number of carboxylic acids is 1. The molecule has 118 valence electrons. The Morgan fingerprint density at radius 2 is 1.67 bits per heavy atom. The van der Waals surface area contributed by atoms with Crippen molar-refractivity contribution in [2.75, 3.05) is 26.7 Å². The molecule has 0 aromatic rings. The summed E-state index contributed by atoms with van der Waals surface area (Å²) in [6.07, 6.45) is 4.87. The van der Waals surface area contributed by atoms with Gasteiger partial charge in [0.1, 0.15) is 0 Å². The molecule has 0 aromatic heterocycles. The number of carbonyl (C=O) groups is 3. The fourth-order valence-electron chi connectivity index (χ4n) is 3.30. The molecule has 21 heavy (non-hydrogen) atoms. The Morgan fingerprint density at radius 3 is 2.19 bits per heavy atom. The molecule has 2 amide bonds. The SMILES string of the molecule is CN(CC(=O)N1CCCC1)C(=O)CC1(C(=O)O)CCCC1. The zero-order valence-electron chi connectivity index (χ0n) is 12.6. The molecular weight excluding hydrogens is 272 g/mol. The van der Waals surface area contributed by atoms with Crippen molar-refractivity contribution in [1.82, 2.24) is 9.80 Å². The molecule has 0 unspecified atom stereocenters. The third-order valence-corrected chi connectivity index (χ3v) is 4.76. The van der Waals surface area contributed by atoms with E-state index in [4.69, 9.17) is 0 Å². The summed E-state index contributed by atoms with van der Waals surface area (Å²) in [5, 5.41) is 9.40. The molecule has 0 aromatic carbocycles. The van der Waals surface area contributed by atoms with Crippen LogP contribution in [0, 0.1) is 5.41 Å². The van der Waals surface area contributed by atoms with Crippen LogP contribution < -0.4 is 0 Å². The summed E-state index contributed by atoms with van der Waals surface area (Å²) in [6.45, 7) is 1.58. The lowest BCUT2D eigenvalue weighted by Crippen LogP contribution is -2.42. The minimum atomic E-state index is -0.915. The average Bonchev–Trinajstić information content (AvgIpc) is 3.10. The van der Waals surface area contributed by atoms with Crippen LogP contribution in [0.3, 0.4) is 0 Å².